The van der Waals surface area contributed by atoms with Crippen molar-refractivity contribution < 1.29 is 10.3 Å². The summed E-state index contributed by atoms with van der Waals surface area (Å²) in [7, 11) is 0. The van der Waals surface area contributed by atoms with Gasteiger partial charge in [-0.2, -0.15) is 12.6 Å². The average molecular weight is 198 g/mol. The van der Waals surface area contributed by atoms with E-state index in [0.717, 1.165) is 5.56 Å². The van der Waals surface area contributed by atoms with Crippen LogP contribution in [0.1, 0.15) is 16.8 Å². The lowest BCUT2D eigenvalue weighted by Gasteiger charge is -2.05. The van der Waals surface area contributed by atoms with Gasteiger partial charge in [0, 0.05) is 17.5 Å². The smallest absolute Gasteiger partial charge is 0.145 e. The second kappa shape index (κ2) is 4.13. The molecule has 0 bridgehead atoms. The highest BCUT2D eigenvalue weighted by molar-refractivity contribution is 7.79. The van der Waals surface area contributed by atoms with Crippen molar-refractivity contribution in [2.24, 2.45) is 5.16 Å². The molecule has 1 aromatic rings. The van der Waals surface area contributed by atoms with Crippen LogP contribution in [0.25, 0.3) is 0 Å². The van der Waals surface area contributed by atoms with Crippen LogP contribution in [0.3, 0.4) is 0 Å². The molecule has 0 unspecified atom stereocenters. The van der Waals surface area contributed by atoms with Gasteiger partial charge in [0.15, 0.2) is 0 Å². The number of rotatable bonds is 2. The molecule has 0 saturated heterocycles. The van der Waals surface area contributed by atoms with Crippen molar-refractivity contribution in [2.75, 3.05) is 0 Å². The van der Waals surface area contributed by atoms with E-state index in [4.69, 9.17) is 5.21 Å². The minimum atomic E-state index is 0.0318. The molecule has 5 heteroatoms. The third-order valence-electron chi connectivity index (χ3n) is 1.71. The van der Waals surface area contributed by atoms with E-state index in [-0.39, 0.29) is 5.75 Å². The van der Waals surface area contributed by atoms with Gasteiger partial charge in [-0.15, -0.1) is 0 Å². The quantitative estimate of drug-likeness (QED) is 0.291. The predicted molar refractivity (Wildman–Crippen MR) is 52.7 cm³/mol. The third kappa shape index (κ3) is 1.92. The predicted octanol–water partition coefficient (Wildman–Crippen LogP) is 1.33. The van der Waals surface area contributed by atoms with E-state index < -0.39 is 0 Å². The third-order valence-corrected chi connectivity index (χ3v) is 2.06. The van der Waals surface area contributed by atoms with E-state index in [1.807, 2.05) is 0 Å². The summed E-state index contributed by atoms with van der Waals surface area (Å²) < 4.78 is 0. The summed E-state index contributed by atoms with van der Waals surface area (Å²) >= 11 is 4.06. The SMILES string of the molecule is Cc1ncc(CS)c(/C=N\O)c1O. The normalized spacial score (nSPS) is 10.9. The first-order valence-electron chi connectivity index (χ1n) is 3.66. The van der Waals surface area contributed by atoms with E-state index in [1.165, 1.54) is 6.21 Å². The maximum Gasteiger partial charge on any atom is 0.145 e. The molecule has 1 rings (SSSR count). The Labute approximate surface area is 81.3 Å². The molecule has 0 aromatic carbocycles. The Morgan fingerprint density at radius 1 is 1.69 bits per heavy atom. The van der Waals surface area contributed by atoms with E-state index >= 15 is 0 Å². The maximum atomic E-state index is 9.54. The number of hydrogen-bond acceptors (Lipinski definition) is 5. The zero-order valence-electron chi connectivity index (χ0n) is 7.10. The highest BCUT2D eigenvalue weighted by Crippen LogP contribution is 2.22. The number of aromatic nitrogens is 1. The number of nitrogens with zero attached hydrogens (tertiary/aromatic N) is 2. The van der Waals surface area contributed by atoms with Gasteiger partial charge in [-0.3, -0.25) is 4.98 Å². The molecule has 70 valence electrons. The maximum absolute atomic E-state index is 9.54. The highest BCUT2D eigenvalue weighted by atomic mass is 32.1. The Balaban J connectivity index is 3.32. The van der Waals surface area contributed by atoms with Crippen LogP contribution in [0.5, 0.6) is 5.75 Å². The van der Waals surface area contributed by atoms with Crippen molar-refractivity contribution in [1.29, 1.82) is 0 Å². The van der Waals surface area contributed by atoms with Gasteiger partial charge in [0.2, 0.25) is 0 Å². The van der Waals surface area contributed by atoms with Crippen molar-refractivity contribution in [3.8, 4) is 5.75 Å². The van der Waals surface area contributed by atoms with Crippen LogP contribution in [0, 0.1) is 6.92 Å². The largest absolute Gasteiger partial charge is 0.505 e. The van der Waals surface area contributed by atoms with Crippen molar-refractivity contribution >= 4 is 18.8 Å². The van der Waals surface area contributed by atoms with Gasteiger partial charge in [-0.1, -0.05) is 5.16 Å². The molecule has 0 radical (unpaired) electrons. The van der Waals surface area contributed by atoms with Crippen molar-refractivity contribution in [3.05, 3.63) is 23.0 Å². The molecular weight excluding hydrogens is 188 g/mol. The van der Waals surface area contributed by atoms with Crippen LogP contribution < -0.4 is 0 Å². The van der Waals surface area contributed by atoms with Gasteiger partial charge >= 0.3 is 0 Å². The monoisotopic (exact) mass is 198 g/mol. The van der Waals surface area contributed by atoms with Gasteiger partial charge in [0.1, 0.15) is 5.75 Å². The summed E-state index contributed by atoms with van der Waals surface area (Å²) in [6.07, 6.45) is 2.77. The van der Waals surface area contributed by atoms with Gasteiger partial charge < -0.3 is 10.3 Å². The molecule has 2 N–H and O–H groups in total. The van der Waals surface area contributed by atoms with Crippen LogP contribution in [0.2, 0.25) is 0 Å². The second-order valence-electron chi connectivity index (χ2n) is 2.53. The number of aromatic hydroxyl groups is 1. The number of thiol groups is 1. The van der Waals surface area contributed by atoms with Crippen LogP contribution in [0.4, 0.5) is 0 Å². The van der Waals surface area contributed by atoms with Gasteiger partial charge in [0.25, 0.3) is 0 Å². The fourth-order valence-corrected chi connectivity index (χ4v) is 1.23. The lowest BCUT2D eigenvalue weighted by atomic mass is 10.1. The molecule has 4 nitrogen and oxygen atoms in total. The molecule has 0 aliphatic carbocycles. The number of oxime groups is 1. The van der Waals surface area contributed by atoms with Crippen LogP contribution in [-0.4, -0.2) is 21.5 Å². The minimum absolute atomic E-state index is 0.0318. The zero-order chi connectivity index (χ0) is 9.84. The summed E-state index contributed by atoms with van der Waals surface area (Å²) in [5.41, 5.74) is 1.69. The summed E-state index contributed by atoms with van der Waals surface area (Å²) in [5, 5.41) is 20.8. The summed E-state index contributed by atoms with van der Waals surface area (Å²) in [5.74, 6) is 0.465. The molecule has 1 heterocycles. The number of pyridine rings is 1. The fraction of sp³-hybridized carbons (Fsp3) is 0.250. The molecule has 13 heavy (non-hydrogen) atoms. The average Bonchev–Trinajstić information content (AvgIpc) is 2.14. The highest BCUT2D eigenvalue weighted by Gasteiger charge is 2.08. The first-order valence-corrected chi connectivity index (χ1v) is 4.29. The molecule has 0 aliphatic heterocycles. The first kappa shape index (κ1) is 9.85. The standard InChI is InChI=1S/C8H10N2O2S/c1-5-8(11)7(3-10-12)6(4-13)2-9-5/h2-3,11-13H,4H2,1H3/b10-3-. The Hall–Kier alpha value is -1.23. The molecule has 0 atom stereocenters. The van der Waals surface area contributed by atoms with E-state index in [2.05, 4.69) is 22.8 Å². The molecule has 0 amide bonds. The van der Waals surface area contributed by atoms with E-state index in [1.54, 1.807) is 13.1 Å². The van der Waals surface area contributed by atoms with Gasteiger partial charge in [-0.05, 0) is 12.5 Å². The minimum Gasteiger partial charge on any atom is -0.505 e. The fourth-order valence-electron chi connectivity index (χ4n) is 0.980. The number of hydrogen-bond donors (Lipinski definition) is 3. The Kier molecular flexibility index (Phi) is 3.13. The Morgan fingerprint density at radius 3 is 2.92 bits per heavy atom. The molecule has 1 aromatic heterocycles. The van der Waals surface area contributed by atoms with Crippen molar-refractivity contribution in [1.82, 2.24) is 4.98 Å². The summed E-state index contributed by atoms with van der Waals surface area (Å²) in [4.78, 5) is 3.95. The van der Waals surface area contributed by atoms with Crippen LogP contribution >= 0.6 is 12.6 Å². The lowest BCUT2D eigenvalue weighted by Crippen LogP contribution is -1.95. The van der Waals surface area contributed by atoms with Crippen LogP contribution in [-0.2, 0) is 5.75 Å². The topological polar surface area (TPSA) is 65.7 Å². The zero-order valence-corrected chi connectivity index (χ0v) is 7.99. The Morgan fingerprint density at radius 2 is 2.38 bits per heavy atom. The molecule has 0 saturated carbocycles. The molecule has 0 spiro atoms. The van der Waals surface area contributed by atoms with Gasteiger partial charge in [-0.25, -0.2) is 0 Å². The van der Waals surface area contributed by atoms with Crippen molar-refractivity contribution in [3.63, 3.8) is 0 Å². The van der Waals surface area contributed by atoms with Crippen LogP contribution in [0.15, 0.2) is 11.4 Å². The molecule has 0 fully saturated rings. The van der Waals surface area contributed by atoms with E-state index in [9.17, 15) is 5.11 Å². The Bertz CT molecular complexity index is 339. The van der Waals surface area contributed by atoms with E-state index in [0.29, 0.717) is 17.0 Å². The van der Waals surface area contributed by atoms with Crippen molar-refractivity contribution in [2.45, 2.75) is 12.7 Å². The first-order chi connectivity index (χ1) is 6.20. The summed E-state index contributed by atoms with van der Waals surface area (Å²) in [6.45, 7) is 1.67. The van der Waals surface area contributed by atoms with Gasteiger partial charge in [0.05, 0.1) is 11.9 Å². The lowest BCUT2D eigenvalue weighted by molar-refractivity contribution is 0.321. The molecule has 0 aliphatic rings. The number of aryl methyl sites for hydroxylation is 1. The molecular formula is C8H10N2O2S. The summed E-state index contributed by atoms with van der Waals surface area (Å²) in [6, 6.07) is 0. The second-order valence-corrected chi connectivity index (χ2v) is 2.85.